The summed E-state index contributed by atoms with van der Waals surface area (Å²) < 4.78 is 0. The molecule has 16 heavy (non-hydrogen) atoms. The minimum absolute atomic E-state index is 1.21. The predicted octanol–water partition coefficient (Wildman–Crippen LogP) is 4.98. The van der Waals surface area contributed by atoms with Gasteiger partial charge in [-0.05, 0) is 44.1 Å². The molecule has 1 aromatic carbocycles. The van der Waals surface area contributed by atoms with Gasteiger partial charge in [0.05, 0.1) is 0 Å². The first-order valence-electron chi connectivity index (χ1n) is 6.34. The van der Waals surface area contributed by atoms with E-state index in [2.05, 4.69) is 48.6 Å². The van der Waals surface area contributed by atoms with Crippen LogP contribution in [0.2, 0.25) is 0 Å². The van der Waals surface area contributed by atoms with Crippen LogP contribution < -0.4 is 0 Å². The van der Waals surface area contributed by atoms with Crippen LogP contribution in [0.1, 0.15) is 44.1 Å². The van der Waals surface area contributed by atoms with Crippen molar-refractivity contribution in [2.45, 2.75) is 38.5 Å². The molecule has 0 atom stereocenters. The van der Waals surface area contributed by atoms with Crippen molar-refractivity contribution in [3.63, 3.8) is 0 Å². The van der Waals surface area contributed by atoms with Crippen molar-refractivity contribution >= 4 is 6.08 Å². The Hall–Kier alpha value is -1.30. The summed E-state index contributed by atoms with van der Waals surface area (Å²) in [7, 11) is 0. The zero-order valence-corrected chi connectivity index (χ0v) is 9.86. The molecule has 0 saturated heterocycles. The molecule has 1 aromatic rings. The van der Waals surface area contributed by atoms with Crippen LogP contribution in [0, 0.1) is 0 Å². The van der Waals surface area contributed by atoms with E-state index in [0.717, 1.165) is 0 Å². The highest BCUT2D eigenvalue weighted by Gasteiger charge is 2.08. The summed E-state index contributed by atoms with van der Waals surface area (Å²) in [6.07, 6.45) is 14.8. The van der Waals surface area contributed by atoms with Crippen LogP contribution in [0.25, 0.3) is 6.08 Å². The van der Waals surface area contributed by atoms with E-state index in [1.807, 2.05) is 0 Å². The van der Waals surface area contributed by atoms with E-state index < -0.39 is 0 Å². The standard InChI is InChI=1S/C16H20/c1(3-6-12-16-13-14-16)2-5-9-15-10-7-4-8-11-15/h4-5,7-12H,1-3,6,13-14H2. The number of benzene rings is 1. The lowest BCUT2D eigenvalue weighted by atomic mass is 10.1. The van der Waals surface area contributed by atoms with Gasteiger partial charge in [0, 0.05) is 0 Å². The van der Waals surface area contributed by atoms with Crippen molar-refractivity contribution in [3.8, 4) is 0 Å². The van der Waals surface area contributed by atoms with Crippen LogP contribution in [0.4, 0.5) is 0 Å². The molecule has 0 nitrogen and oxygen atoms in total. The average Bonchev–Trinajstić information content (AvgIpc) is 3.13. The maximum atomic E-state index is 2.43. The number of hydrogen-bond acceptors (Lipinski definition) is 0. The summed E-state index contributed by atoms with van der Waals surface area (Å²) in [6, 6.07) is 10.5. The summed E-state index contributed by atoms with van der Waals surface area (Å²) in [6.45, 7) is 0. The predicted molar refractivity (Wildman–Crippen MR) is 71.3 cm³/mol. The Morgan fingerprint density at radius 2 is 1.69 bits per heavy atom. The van der Waals surface area contributed by atoms with Gasteiger partial charge in [-0.1, -0.05) is 54.1 Å². The van der Waals surface area contributed by atoms with Gasteiger partial charge in [0.2, 0.25) is 0 Å². The number of hydrogen-bond donors (Lipinski definition) is 0. The number of allylic oxidation sites excluding steroid dienone is 3. The fourth-order valence-corrected chi connectivity index (χ4v) is 1.77. The molecular weight excluding hydrogens is 192 g/mol. The number of rotatable bonds is 6. The lowest BCUT2D eigenvalue weighted by Gasteiger charge is -1.94. The Labute approximate surface area is 98.7 Å². The lowest BCUT2D eigenvalue weighted by molar-refractivity contribution is 0.762. The van der Waals surface area contributed by atoms with Gasteiger partial charge in [-0.3, -0.25) is 0 Å². The third kappa shape index (κ3) is 4.48. The van der Waals surface area contributed by atoms with Crippen LogP contribution in [-0.4, -0.2) is 0 Å². The first kappa shape index (κ1) is 11.2. The fourth-order valence-electron chi connectivity index (χ4n) is 1.77. The first-order chi connectivity index (χ1) is 7.95. The Morgan fingerprint density at radius 1 is 0.938 bits per heavy atom. The Balaban J connectivity index is 1.57. The van der Waals surface area contributed by atoms with Gasteiger partial charge in [0.15, 0.2) is 0 Å². The smallest absolute Gasteiger partial charge is 0.0260 e. The molecule has 0 N–H and O–H groups in total. The summed E-state index contributed by atoms with van der Waals surface area (Å²) in [4.78, 5) is 0. The van der Waals surface area contributed by atoms with Gasteiger partial charge in [0.25, 0.3) is 0 Å². The van der Waals surface area contributed by atoms with E-state index in [0.29, 0.717) is 0 Å². The molecule has 1 aliphatic rings. The highest BCUT2D eigenvalue weighted by molar-refractivity contribution is 5.48. The van der Waals surface area contributed by atoms with Crippen LogP contribution in [-0.2, 0) is 0 Å². The van der Waals surface area contributed by atoms with E-state index >= 15 is 0 Å². The van der Waals surface area contributed by atoms with Crippen LogP contribution in [0.15, 0.2) is 48.1 Å². The second-order valence-electron chi connectivity index (χ2n) is 4.46. The Morgan fingerprint density at radius 3 is 2.44 bits per heavy atom. The van der Waals surface area contributed by atoms with Crippen molar-refractivity contribution < 1.29 is 0 Å². The maximum Gasteiger partial charge on any atom is -0.0260 e. The van der Waals surface area contributed by atoms with Crippen LogP contribution in [0.5, 0.6) is 0 Å². The van der Waals surface area contributed by atoms with Gasteiger partial charge in [-0.25, -0.2) is 0 Å². The molecule has 0 spiro atoms. The summed E-state index contributed by atoms with van der Waals surface area (Å²) in [5.41, 5.74) is 2.99. The topological polar surface area (TPSA) is 0 Å². The highest BCUT2D eigenvalue weighted by atomic mass is 14.1. The largest absolute Gasteiger partial charge is 0.0853 e. The summed E-state index contributed by atoms with van der Waals surface area (Å²) in [5, 5.41) is 0. The zero-order valence-electron chi connectivity index (χ0n) is 9.86. The highest BCUT2D eigenvalue weighted by Crippen LogP contribution is 2.28. The van der Waals surface area contributed by atoms with Crippen molar-refractivity contribution in [1.29, 1.82) is 0 Å². The van der Waals surface area contributed by atoms with Crippen molar-refractivity contribution in [2.75, 3.05) is 0 Å². The first-order valence-corrected chi connectivity index (χ1v) is 6.34. The number of unbranched alkanes of at least 4 members (excludes halogenated alkanes) is 3. The monoisotopic (exact) mass is 212 g/mol. The van der Waals surface area contributed by atoms with Gasteiger partial charge >= 0.3 is 0 Å². The molecule has 0 amide bonds. The Kier molecular flexibility index (Phi) is 4.42. The molecule has 0 bridgehead atoms. The molecule has 1 saturated carbocycles. The third-order valence-corrected chi connectivity index (χ3v) is 2.91. The van der Waals surface area contributed by atoms with E-state index in [4.69, 9.17) is 0 Å². The maximum absolute atomic E-state index is 2.43. The van der Waals surface area contributed by atoms with Gasteiger partial charge in [-0.15, -0.1) is 0 Å². The van der Waals surface area contributed by atoms with Crippen molar-refractivity contribution in [3.05, 3.63) is 53.6 Å². The van der Waals surface area contributed by atoms with Crippen molar-refractivity contribution in [2.24, 2.45) is 0 Å². The molecule has 1 fully saturated rings. The normalized spacial score (nSPS) is 14.4. The Bertz CT molecular complexity index is 351. The fraction of sp³-hybridized carbons (Fsp3) is 0.375. The average molecular weight is 212 g/mol. The molecule has 0 aliphatic heterocycles. The molecule has 0 unspecified atom stereocenters. The van der Waals surface area contributed by atoms with Gasteiger partial charge in [-0.2, -0.15) is 0 Å². The molecule has 2 rings (SSSR count). The van der Waals surface area contributed by atoms with Crippen LogP contribution in [0.3, 0.4) is 0 Å². The zero-order chi connectivity index (χ0) is 11.1. The molecule has 0 aromatic heterocycles. The molecule has 1 aliphatic carbocycles. The molecule has 0 heterocycles. The van der Waals surface area contributed by atoms with E-state index in [9.17, 15) is 0 Å². The van der Waals surface area contributed by atoms with Gasteiger partial charge < -0.3 is 0 Å². The molecular formula is C16H20. The summed E-state index contributed by atoms with van der Waals surface area (Å²) in [5.74, 6) is 0. The lowest BCUT2D eigenvalue weighted by Crippen LogP contribution is -1.73. The van der Waals surface area contributed by atoms with E-state index in [-0.39, 0.29) is 0 Å². The second-order valence-corrected chi connectivity index (χ2v) is 4.46. The molecule has 0 radical (unpaired) electrons. The summed E-state index contributed by atoms with van der Waals surface area (Å²) >= 11 is 0. The quantitative estimate of drug-likeness (QED) is 0.461. The third-order valence-electron chi connectivity index (χ3n) is 2.91. The second kappa shape index (κ2) is 6.32. The minimum atomic E-state index is 1.21. The minimum Gasteiger partial charge on any atom is -0.0853 e. The van der Waals surface area contributed by atoms with E-state index in [1.165, 1.54) is 44.1 Å². The van der Waals surface area contributed by atoms with Crippen LogP contribution >= 0.6 is 0 Å². The SMILES string of the molecule is C(=Cc1ccccc1)CCCCC=C1CC1. The van der Waals surface area contributed by atoms with Crippen molar-refractivity contribution in [1.82, 2.24) is 0 Å². The van der Waals surface area contributed by atoms with E-state index in [1.54, 1.807) is 5.57 Å². The van der Waals surface area contributed by atoms with Gasteiger partial charge in [0.1, 0.15) is 0 Å². The molecule has 0 heteroatoms. The molecule has 84 valence electrons.